The number of rotatable bonds is 5. The molecular weight excluding hydrogens is 369 g/mol. The molecule has 0 spiro atoms. The summed E-state index contributed by atoms with van der Waals surface area (Å²) in [7, 11) is 0. The fraction of sp³-hybridized carbons (Fsp3) is 0.125. The van der Waals surface area contributed by atoms with Gasteiger partial charge in [-0.25, -0.2) is 9.38 Å². The number of fused-ring (bicyclic) bond motifs is 1. The molecule has 0 aromatic heterocycles. The summed E-state index contributed by atoms with van der Waals surface area (Å²) in [6.45, 7) is 0. The molecule has 0 unspecified atom stereocenters. The van der Waals surface area contributed by atoms with Crippen molar-refractivity contribution in [2.24, 2.45) is 4.99 Å². The van der Waals surface area contributed by atoms with Gasteiger partial charge in [-0.2, -0.15) is 0 Å². The maximum absolute atomic E-state index is 13.0. The van der Waals surface area contributed by atoms with Gasteiger partial charge in [0.05, 0.1) is 5.69 Å². The zero-order chi connectivity index (χ0) is 19.2. The van der Waals surface area contributed by atoms with Crippen molar-refractivity contribution in [2.75, 3.05) is 0 Å². The molecule has 1 aliphatic carbocycles. The Kier molecular flexibility index (Phi) is 5.88. The van der Waals surface area contributed by atoms with E-state index in [4.69, 9.17) is 9.73 Å². The first-order valence-electron chi connectivity index (χ1n) is 9.28. The molecule has 4 rings (SSSR count). The summed E-state index contributed by atoms with van der Waals surface area (Å²) >= 11 is 1.49. The number of hydrogen-bond acceptors (Lipinski definition) is 3. The summed E-state index contributed by atoms with van der Waals surface area (Å²) in [5.74, 6) is 1.01. The van der Waals surface area contributed by atoms with E-state index in [1.807, 2.05) is 47.9 Å². The quantitative estimate of drug-likeness (QED) is 0.274. The van der Waals surface area contributed by atoms with E-state index >= 15 is 0 Å². The third-order valence-electron chi connectivity index (χ3n) is 4.52. The number of aliphatic imine (C=N–C) groups is 1. The average molecular weight is 389 g/mol. The SMILES string of the molecule is Fc1ccc(S/C=C/C(=N/c2ccc3c(c2)CCC3)Oc2ccccc2)cc1. The lowest BCUT2D eigenvalue weighted by Gasteiger charge is -2.07. The van der Waals surface area contributed by atoms with Gasteiger partial charge in [0.15, 0.2) is 0 Å². The van der Waals surface area contributed by atoms with Gasteiger partial charge in [0.2, 0.25) is 5.90 Å². The summed E-state index contributed by atoms with van der Waals surface area (Å²) < 4.78 is 19.0. The van der Waals surface area contributed by atoms with E-state index in [0.29, 0.717) is 5.90 Å². The van der Waals surface area contributed by atoms with Crippen LogP contribution in [0.25, 0.3) is 0 Å². The average Bonchev–Trinajstić information content (AvgIpc) is 3.18. The molecule has 4 heteroatoms. The van der Waals surface area contributed by atoms with E-state index in [2.05, 4.69) is 12.1 Å². The maximum Gasteiger partial charge on any atom is 0.220 e. The monoisotopic (exact) mass is 389 g/mol. The Bertz CT molecular complexity index is 997. The molecular formula is C24H20FNOS. The van der Waals surface area contributed by atoms with Crippen LogP contribution in [0.3, 0.4) is 0 Å². The summed E-state index contributed by atoms with van der Waals surface area (Å²) in [5, 5.41) is 1.91. The van der Waals surface area contributed by atoms with Crippen LogP contribution in [0.4, 0.5) is 10.1 Å². The van der Waals surface area contributed by atoms with E-state index < -0.39 is 0 Å². The first kappa shape index (κ1) is 18.5. The smallest absolute Gasteiger partial charge is 0.220 e. The van der Waals surface area contributed by atoms with Crippen LogP contribution in [0.15, 0.2) is 94.2 Å². The van der Waals surface area contributed by atoms with Gasteiger partial charge in [-0.05, 0) is 84.3 Å². The highest BCUT2D eigenvalue weighted by Gasteiger charge is 2.11. The van der Waals surface area contributed by atoms with Crippen LogP contribution >= 0.6 is 11.8 Å². The van der Waals surface area contributed by atoms with Crippen LogP contribution in [0.2, 0.25) is 0 Å². The van der Waals surface area contributed by atoms with Crippen LogP contribution in [-0.4, -0.2) is 5.90 Å². The second-order valence-corrected chi connectivity index (χ2v) is 7.53. The number of nitrogens with zero attached hydrogens (tertiary/aromatic N) is 1. The van der Waals surface area contributed by atoms with Gasteiger partial charge in [-0.3, -0.25) is 0 Å². The molecule has 3 aromatic rings. The zero-order valence-electron chi connectivity index (χ0n) is 15.3. The van der Waals surface area contributed by atoms with Crippen molar-refractivity contribution in [3.8, 4) is 5.75 Å². The van der Waals surface area contributed by atoms with Gasteiger partial charge in [0.25, 0.3) is 0 Å². The molecule has 0 atom stereocenters. The zero-order valence-corrected chi connectivity index (χ0v) is 16.2. The van der Waals surface area contributed by atoms with Crippen LogP contribution in [0.5, 0.6) is 5.75 Å². The van der Waals surface area contributed by atoms with E-state index in [0.717, 1.165) is 29.2 Å². The predicted octanol–water partition coefficient (Wildman–Crippen LogP) is 6.73. The molecule has 0 saturated carbocycles. The molecule has 0 N–H and O–H groups in total. The van der Waals surface area contributed by atoms with E-state index in [1.54, 1.807) is 12.1 Å². The van der Waals surface area contributed by atoms with Gasteiger partial charge in [0, 0.05) is 11.0 Å². The molecule has 0 heterocycles. The van der Waals surface area contributed by atoms with Crippen molar-refractivity contribution in [1.82, 2.24) is 0 Å². The fourth-order valence-electron chi connectivity index (χ4n) is 3.14. The Hall–Kier alpha value is -2.85. The molecule has 0 aliphatic heterocycles. The first-order chi connectivity index (χ1) is 13.8. The molecule has 1 aliphatic rings. The third-order valence-corrected chi connectivity index (χ3v) is 5.33. The highest BCUT2D eigenvalue weighted by Crippen LogP contribution is 2.27. The normalized spacial score (nSPS) is 13.7. The molecule has 3 aromatic carbocycles. The van der Waals surface area contributed by atoms with Crippen molar-refractivity contribution >= 4 is 23.3 Å². The first-order valence-corrected chi connectivity index (χ1v) is 10.2. The molecule has 0 radical (unpaired) electrons. The van der Waals surface area contributed by atoms with E-state index in [9.17, 15) is 4.39 Å². The predicted molar refractivity (Wildman–Crippen MR) is 114 cm³/mol. The van der Waals surface area contributed by atoms with Gasteiger partial charge in [-0.15, -0.1) is 0 Å². The highest BCUT2D eigenvalue weighted by atomic mass is 32.2. The minimum atomic E-state index is -0.236. The van der Waals surface area contributed by atoms with Crippen LogP contribution < -0.4 is 4.74 Å². The lowest BCUT2D eigenvalue weighted by Crippen LogP contribution is -2.04. The van der Waals surface area contributed by atoms with E-state index in [-0.39, 0.29) is 5.82 Å². The summed E-state index contributed by atoms with van der Waals surface area (Å²) in [6.07, 6.45) is 5.32. The summed E-state index contributed by atoms with van der Waals surface area (Å²) in [6, 6.07) is 22.4. The summed E-state index contributed by atoms with van der Waals surface area (Å²) in [4.78, 5) is 5.66. The number of benzene rings is 3. The number of aryl methyl sites for hydroxylation is 2. The Morgan fingerprint density at radius 3 is 2.54 bits per heavy atom. The largest absolute Gasteiger partial charge is 0.439 e. The minimum Gasteiger partial charge on any atom is -0.439 e. The molecule has 28 heavy (non-hydrogen) atoms. The van der Waals surface area contributed by atoms with Crippen molar-refractivity contribution in [3.05, 3.63) is 101 Å². The van der Waals surface area contributed by atoms with Crippen LogP contribution in [0.1, 0.15) is 17.5 Å². The minimum absolute atomic E-state index is 0.236. The summed E-state index contributed by atoms with van der Waals surface area (Å²) in [5.41, 5.74) is 3.69. The Morgan fingerprint density at radius 1 is 0.929 bits per heavy atom. The number of ether oxygens (including phenoxy) is 1. The highest BCUT2D eigenvalue weighted by molar-refractivity contribution is 8.02. The van der Waals surface area contributed by atoms with Crippen molar-refractivity contribution in [1.29, 1.82) is 0 Å². The molecule has 140 valence electrons. The topological polar surface area (TPSA) is 21.6 Å². The van der Waals surface area contributed by atoms with Crippen LogP contribution in [0, 0.1) is 5.82 Å². The van der Waals surface area contributed by atoms with Gasteiger partial charge >= 0.3 is 0 Å². The molecule has 0 amide bonds. The number of hydrogen-bond donors (Lipinski definition) is 0. The number of halogens is 1. The lowest BCUT2D eigenvalue weighted by molar-refractivity contribution is 0.556. The Morgan fingerprint density at radius 2 is 1.71 bits per heavy atom. The van der Waals surface area contributed by atoms with Gasteiger partial charge < -0.3 is 4.74 Å². The standard InChI is InChI=1S/C24H20FNOS/c25-20-10-13-23(14-11-20)28-16-15-24(27-22-7-2-1-3-8-22)26-21-12-9-18-5-4-6-19(18)17-21/h1-3,7-17H,4-6H2/b16-15+,26-24-. The van der Waals surface area contributed by atoms with Crippen molar-refractivity contribution in [3.63, 3.8) is 0 Å². The molecule has 2 nitrogen and oxygen atoms in total. The molecule has 0 bridgehead atoms. The number of para-hydroxylation sites is 1. The molecule has 0 fully saturated rings. The second kappa shape index (κ2) is 8.89. The van der Waals surface area contributed by atoms with Crippen molar-refractivity contribution < 1.29 is 9.13 Å². The Balaban J connectivity index is 1.56. The number of thioether (sulfide) groups is 1. The fourth-order valence-corrected chi connectivity index (χ4v) is 3.78. The second-order valence-electron chi connectivity index (χ2n) is 6.55. The lowest BCUT2D eigenvalue weighted by atomic mass is 10.1. The third kappa shape index (κ3) is 4.90. The van der Waals surface area contributed by atoms with Gasteiger partial charge in [-0.1, -0.05) is 36.0 Å². The van der Waals surface area contributed by atoms with E-state index in [1.165, 1.54) is 41.4 Å². The van der Waals surface area contributed by atoms with Crippen molar-refractivity contribution in [2.45, 2.75) is 24.2 Å². The molecule has 0 saturated heterocycles. The van der Waals surface area contributed by atoms with Gasteiger partial charge in [0.1, 0.15) is 11.6 Å². The van der Waals surface area contributed by atoms with Crippen LogP contribution in [-0.2, 0) is 12.8 Å². The Labute approximate surface area is 168 Å². The maximum atomic E-state index is 13.0.